The Morgan fingerprint density at radius 2 is 1.53 bits per heavy atom. The molecule has 0 aliphatic carbocycles. The van der Waals surface area contributed by atoms with E-state index in [1.807, 2.05) is 24.3 Å². The van der Waals surface area contributed by atoms with Gasteiger partial charge in [0.1, 0.15) is 11.6 Å². The summed E-state index contributed by atoms with van der Waals surface area (Å²) < 4.78 is 12.4. The number of hydrogen-bond donors (Lipinski definition) is 2. The molecule has 1 unspecified atom stereocenters. The summed E-state index contributed by atoms with van der Waals surface area (Å²) in [4.78, 5) is 30.5. The minimum atomic E-state index is -1.37. The topological polar surface area (TPSA) is 88.1 Å². The maximum atomic E-state index is 13.7. The summed E-state index contributed by atoms with van der Waals surface area (Å²) in [6, 6.07) is 14.2. The van der Waals surface area contributed by atoms with Gasteiger partial charge in [0.2, 0.25) is 0 Å². The number of unbranched alkanes of at least 4 members (excludes halogenated alkanes) is 2. The molecule has 8 heteroatoms. The van der Waals surface area contributed by atoms with Crippen molar-refractivity contribution in [2.24, 2.45) is 0 Å². The number of ether oxygens (including phenoxy) is 2. The Bertz CT molecular complexity index is 1500. The number of nitrogens with one attached hydrogen (secondary N) is 1. The SMILES string of the molecule is CCCCCC(C)N(Cc1cc2ccccc2s1)C(Nc1cc(C(C)(C)C)c(O)c(C(C)(C)C)c1)=C1C(=O)OC(C)(C)OC1=O. The van der Waals surface area contributed by atoms with Crippen LogP contribution in [0.1, 0.15) is 111 Å². The van der Waals surface area contributed by atoms with Crippen LogP contribution in [0.2, 0.25) is 0 Å². The normalized spacial score (nSPS) is 15.9. The van der Waals surface area contributed by atoms with E-state index in [9.17, 15) is 14.7 Å². The van der Waals surface area contributed by atoms with Gasteiger partial charge >= 0.3 is 11.9 Å². The molecule has 0 bridgehead atoms. The van der Waals surface area contributed by atoms with Crippen LogP contribution in [-0.2, 0) is 36.4 Å². The average molecular weight is 635 g/mol. The molecule has 0 saturated carbocycles. The average Bonchev–Trinajstić information content (AvgIpc) is 3.32. The van der Waals surface area contributed by atoms with Crippen molar-refractivity contribution >= 4 is 39.0 Å². The molecule has 1 atom stereocenters. The first-order valence-electron chi connectivity index (χ1n) is 16.0. The van der Waals surface area contributed by atoms with Gasteiger partial charge in [0, 0.05) is 46.3 Å². The minimum absolute atomic E-state index is 0.0337. The molecule has 45 heavy (non-hydrogen) atoms. The lowest BCUT2D eigenvalue weighted by molar-refractivity contribution is -0.222. The van der Waals surface area contributed by atoms with Crippen LogP contribution in [0.5, 0.6) is 5.75 Å². The number of thiophene rings is 1. The molecule has 1 fully saturated rings. The molecule has 2 heterocycles. The molecule has 1 saturated heterocycles. The molecule has 1 aliphatic rings. The van der Waals surface area contributed by atoms with Crippen molar-refractivity contribution in [1.29, 1.82) is 0 Å². The number of nitrogens with zero attached hydrogens (tertiary/aromatic N) is 1. The fourth-order valence-electron chi connectivity index (χ4n) is 5.69. The zero-order valence-electron chi connectivity index (χ0n) is 28.6. The van der Waals surface area contributed by atoms with E-state index in [1.54, 1.807) is 25.2 Å². The third kappa shape index (κ3) is 8.01. The molecule has 0 amide bonds. The first-order valence-corrected chi connectivity index (χ1v) is 16.8. The predicted molar refractivity (Wildman–Crippen MR) is 183 cm³/mol. The lowest BCUT2D eigenvalue weighted by Gasteiger charge is -2.37. The van der Waals surface area contributed by atoms with Gasteiger partial charge in [-0.3, -0.25) is 0 Å². The van der Waals surface area contributed by atoms with E-state index in [-0.39, 0.29) is 28.2 Å². The van der Waals surface area contributed by atoms with Gasteiger partial charge in [0.15, 0.2) is 5.57 Å². The molecular weight excluding hydrogens is 584 g/mol. The fourth-order valence-corrected chi connectivity index (χ4v) is 6.76. The standard InChI is InChI=1S/C37H50N2O5S/c1-11-12-13-16-23(2)39(22-26-19-24-17-14-15-18-29(24)45-26)32(30-33(41)43-37(9,10)44-34(30)42)38-25-20-27(35(3,4)5)31(40)28(21-25)36(6,7)8/h14-15,17-21,23,38,40H,11-13,16,22H2,1-10H3. The molecule has 2 aromatic carbocycles. The highest BCUT2D eigenvalue weighted by Crippen LogP contribution is 2.42. The van der Waals surface area contributed by atoms with Crippen LogP contribution in [0.4, 0.5) is 5.69 Å². The molecule has 3 aromatic rings. The van der Waals surface area contributed by atoms with Crippen LogP contribution in [0.25, 0.3) is 10.1 Å². The maximum Gasteiger partial charge on any atom is 0.352 e. The number of carbonyl (C=O) groups excluding carboxylic acids is 2. The molecule has 1 aromatic heterocycles. The maximum absolute atomic E-state index is 13.7. The monoisotopic (exact) mass is 634 g/mol. The smallest absolute Gasteiger partial charge is 0.352 e. The molecule has 244 valence electrons. The summed E-state index contributed by atoms with van der Waals surface area (Å²) in [5.41, 5.74) is 1.29. The van der Waals surface area contributed by atoms with Crippen molar-refractivity contribution in [2.75, 3.05) is 5.32 Å². The number of phenolic OH excluding ortho intramolecular Hbond substituents is 1. The number of carbonyl (C=O) groups is 2. The van der Waals surface area contributed by atoms with Crippen LogP contribution < -0.4 is 5.32 Å². The van der Waals surface area contributed by atoms with Crippen molar-refractivity contribution in [3.05, 3.63) is 69.9 Å². The Hall–Kier alpha value is -3.52. The van der Waals surface area contributed by atoms with E-state index in [1.165, 1.54) is 4.70 Å². The highest BCUT2D eigenvalue weighted by molar-refractivity contribution is 7.19. The molecule has 1 aliphatic heterocycles. The number of aromatic hydroxyl groups is 1. The van der Waals surface area contributed by atoms with Crippen LogP contribution in [0.15, 0.2) is 53.9 Å². The summed E-state index contributed by atoms with van der Waals surface area (Å²) in [5.74, 6) is -2.24. The summed E-state index contributed by atoms with van der Waals surface area (Å²) in [6.45, 7) is 20.2. The molecule has 0 radical (unpaired) electrons. The summed E-state index contributed by atoms with van der Waals surface area (Å²) in [5, 5.41) is 16.1. The van der Waals surface area contributed by atoms with Crippen molar-refractivity contribution < 1.29 is 24.2 Å². The van der Waals surface area contributed by atoms with Gasteiger partial charge < -0.3 is 24.8 Å². The van der Waals surface area contributed by atoms with Crippen molar-refractivity contribution in [2.45, 2.75) is 124 Å². The Kier molecular flexibility index (Phi) is 9.98. The number of fused-ring (bicyclic) bond motifs is 1. The van der Waals surface area contributed by atoms with Crippen LogP contribution in [0.3, 0.4) is 0 Å². The summed E-state index contributed by atoms with van der Waals surface area (Å²) in [7, 11) is 0. The molecule has 2 N–H and O–H groups in total. The van der Waals surface area contributed by atoms with Gasteiger partial charge in [-0.2, -0.15) is 0 Å². The summed E-state index contributed by atoms with van der Waals surface area (Å²) in [6.07, 6.45) is 4.04. The van der Waals surface area contributed by atoms with Gasteiger partial charge in [-0.1, -0.05) is 85.9 Å². The second-order valence-electron chi connectivity index (χ2n) is 14.7. The Morgan fingerprint density at radius 3 is 2.07 bits per heavy atom. The van der Waals surface area contributed by atoms with Crippen LogP contribution in [0, 0.1) is 0 Å². The lowest BCUT2D eigenvalue weighted by atomic mass is 9.79. The molecule has 4 rings (SSSR count). The van der Waals surface area contributed by atoms with Crippen molar-refractivity contribution in [3.63, 3.8) is 0 Å². The molecular formula is C37H50N2O5S. The van der Waals surface area contributed by atoms with Crippen LogP contribution >= 0.6 is 11.3 Å². The fraction of sp³-hybridized carbons (Fsp3) is 0.514. The van der Waals surface area contributed by atoms with Crippen LogP contribution in [-0.4, -0.2) is 33.8 Å². The number of phenols is 1. The van der Waals surface area contributed by atoms with E-state index in [4.69, 9.17) is 9.47 Å². The first kappa shape index (κ1) is 34.4. The second-order valence-corrected chi connectivity index (χ2v) is 15.8. The van der Waals surface area contributed by atoms with Gasteiger partial charge in [-0.15, -0.1) is 11.3 Å². The zero-order valence-corrected chi connectivity index (χ0v) is 29.4. The number of cyclic esters (lactones) is 2. The third-order valence-electron chi connectivity index (χ3n) is 8.16. The van der Waals surface area contributed by atoms with Gasteiger partial charge in [-0.25, -0.2) is 9.59 Å². The van der Waals surface area contributed by atoms with E-state index in [0.717, 1.165) is 47.1 Å². The van der Waals surface area contributed by atoms with Crippen molar-refractivity contribution in [1.82, 2.24) is 4.90 Å². The van der Waals surface area contributed by atoms with Gasteiger partial charge in [0.05, 0.1) is 6.54 Å². The van der Waals surface area contributed by atoms with E-state index < -0.39 is 17.7 Å². The van der Waals surface area contributed by atoms with Gasteiger partial charge in [0.25, 0.3) is 5.79 Å². The lowest BCUT2D eigenvalue weighted by Crippen LogP contribution is -2.45. The molecule has 0 spiro atoms. The predicted octanol–water partition coefficient (Wildman–Crippen LogP) is 9.13. The zero-order chi connectivity index (χ0) is 33.3. The first-order chi connectivity index (χ1) is 20.9. The Balaban J connectivity index is 1.93. The van der Waals surface area contributed by atoms with E-state index in [2.05, 4.69) is 83.8 Å². The Morgan fingerprint density at radius 1 is 0.956 bits per heavy atom. The highest BCUT2D eigenvalue weighted by atomic mass is 32.1. The Labute approximate surface area is 272 Å². The number of esters is 2. The number of benzene rings is 2. The summed E-state index contributed by atoms with van der Waals surface area (Å²) >= 11 is 1.70. The second kappa shape index (κ2) is 13.1. The highest BCUT2D eigenvalue weighted by Gasteiger charge is 2.43. The van der Waals surface area contributed by atoms with E-state index >= 15 is 0 Å². The largest absolute Gasteiger partial charge is 0.507 e. The van der Waals surface area contributed by atoms with Crippen molar-refractivity contribution in [3.8, 4) is 5.75 Å². The number of anilines is 1. The van der Waals surface area contributed by atoms with E-state index in [0.29, 0.717) is 18.1 Å². The van der Waals surface area contributed by atoms with Gasteiger partial charge in [-0.05, 0) is 53.8 Å². The third-order valence-corrected chi connectivity index (χ3v) is 9.26. The quantitative estimate of drug-likeness (QED) is 0.0756. The minimum Gasteiger partial charge on any atom is -0.507 e. The number of hydrogen-bond acceptors (Lipinski definition) is 8. The molecule has 7 nitrogen and oxygen atoms in total. The number of rotatable bonds is 10.